The molecule has 2 aliphatic rings. The number of thiophene rings is 1. The van der Waals surface area contributed by atoms with E-state index in [0.717, 1.165) is 19.3 Å². The summed E-state index contributed by atoms with van der Waals surface area (Å²) < 4.78 is 10.6. The number of aliphatic carboxylic acids is 1. The largest absolute Gasteiger partial charge is 0.481 e. The fraction of sp³-hybridized carbons (Fsp3) is 0.450. The number of anilines is 1. The highest BCUT2D eigenvalue weighted by Gasteiger charge is 2.54. The Morgan fingerprint density at radius 3 is 2.68 bits per heavy atom. The van der Waals surface area contributed by atoms with E-state index in [1.54, 1.807) is 24.4 Å². The van der Waals surface area contributed by atoms with Crippen LogP contribution in [0.4, 0.5) is 5.00 Å². The Bertz CT molecular complexity index is 902. The summed E-state index contributed by atoms with van der Waals surface area (Å²) in [6.45, 7) is 1.91. The van der Waals surface area contributed by atoms with E-state index in [2.05, 4.69) is 5.32 Å². The van der Waals surface area contributed by atoms with Gasteiger partial charge in [-0.1, -0.05) is 0 Å². The van der Waals surface area contributed by atoms with Gasteiger partial charge in [0.1, 0.15) is 16.3 Å². The molecule has 2 aromatic rings. The van der Waals surface area contributed by atoms with E-state index in [0.29, 0.717) is 16.3 Å². The molecule has 7 nitrogen and oxygen atoms in total. The lowest BCUT2D eigenvalue weighted by Crippen LogP contribution is -2.37. The molecule has 28 heavy (non-hydrogen) atoms. The number of ether oxygens (including phenoxy) is 1. The summed E-state index contributed by atoms with van der Waals surface area (Å²) in [5, 5.41) is 14.5. The summed E-state index contributed by atoms with van der Waals surface area (Å²) in [5.41, 5.74) is 0.789. The van der Waals surface area contributed by atoms with Gasteiger partial charge in [-0.15, -0.1) is 11.3 Å². The van der Waals surface area contributed by atoms with Crippen molar-refractivity contribution in [2.75, 3.05) is 11.9 Å². The average molecular weight is 403 g/mol. The van der Waals surface area contributed by atoms with Gasteiger partial charge in [-0.05, 0) is 50.2 Å². The van der Waals surface area contributed by atoms with Gasteiger partial charge < -0.3 is 19.6 Å². The van der Waals surface area contributed by atoms with Crippen molar-refractivity contribution in [1.29, 1.82) is 0 Å². The van der Waals surface area contributed by atoms with Crippen LogP contribution in [0.1, 0.15) is 36.5 Å². The third-order valence-corrected chi connectivity index (χ3v) is 6.69. The Morgan fingerprint density at radius 1 is 1.29 bits per heavy atom. The van der Waals surface area contributed by atoms with E-state index in [1.807, 2.05) is 0 Å². The van der Waals surface area contributed by atoms with E-state index in [1.165, 1.54) is 17.6 Å². The van der Waals surface area contributed by atoms with Gasteiger partial charge in [0, 0.05) is 10.9 Å². The lowest BCUT2D eigenvalue weighted by molar-refractivity contribution is -0.148. The molecule has 2 bridgehead atoms. The predicted octanol–water partition coefficient (Wildman–Crippen LogP) is 3.87. The van der Waals surface area contributed by atoms with E-state index in [4.69, 9.17) is 9.15 Å². The standard InChI is InChI=1S/C20H21NO6S/c1-2-26-20(25)16-12(13-4-3-7-27-13)9-28-18(16)21-17(22)14-10-5-6-11(8-10)15(14)19(23)24/h3-4,7,9-11,14-15H,2,5-6,8H2,1H3,(H,21,22)(H,23,24)/t10-,11+,14+,15+/m1/s1. The molecule has 0 radical (unpaired) electrons. The second kappa shape index (κ2) is 7.43. The van der Waals surface area contributed by atoms with Crippen LogP contribution in [-0.2, 0) is 14.3 Å². The molecule has 2 N–H and O–H groups in total. The Balaban J connectivity index is 1.63. The third kappa shape index (κ3) is 3.11. The highest BCUT2D eigenvalue weighted by Crippen LogP contribution is 2.53. The molecule has 2 fully saturated rings. The number of furan rings is 1. The average Bonchev–Trinajstić information content (AvgIpc) is 3.43. The van der Waals surface area contributed by atoms with Crippen LogP contribution in [0.5, 0.6) is 0 Å². The van der Waals surface area contributed by atoms with Gasteiger partial charge >= 0.3 is 11.9 Å². The van der Waals surface area contributed by atoms with Gasteiger partial charge in [0.05, 0.1) is 24.7 Å². The number of fused-ring (bicyclic) bond motifs is 2. The molecule has 148 valence electrons. The Kier molecular flexibility index (Phi) is 4.97. The Morgan fingerprint density at radius 2 is 2.04 bits per heavy atom. The molecule has 8 heteroatoms. The summed E-state index contributed by atoms with van der Waals surface area (Å²) in [7, 11) is 0. The van der Waals surface area contributed by atoms with E-state index < -0.39 is 23.8 Å². The van der Waals surface area contributed by atoms with E-state index >= 15 is 0 Å². The molecule has 0 saturated heterocycles. The SMILES string of the molecule is CCOC(=O)c1c(-c2ccco2)csc1NC(=O)[C@H]1[C@@H]2CC[C@@H](C2)[C@@H]1C(=O)O. The molecular weight excluding hydrogens is 382 g/mol. The van der Waals surface area contributed by atoms with Gasteiger partial charge in [-0.2, -0.15) is 0 Å². The van der Waals surface area contributed by atoms with Crippen molar-refractivity contribution >= 4 is 34.2 Å². The quantitative estimate of drug-likeness (QED) is 0.709. The van der Waals surface area contributed by atoms with Crippen molar-refractivity contribution in [3.63, 3.8) is 0 Å². The van der Waals surface area contributed by atoms with Crippen LogP contribution in [0.3, 0.4) is 0 Å². The molecule has 2 heterocycles. The number of esters is 1. The minimum Gasteiger partial charge on any atom is -0.481 e. The van der Waals surface area contributed by atoms with E-state index in [9.17, 15) is 19.5 Å². The van der Waals surface area contributed by atoms with Gasteiger partial charge in [0.15, 0.2) is 0 Å². The number of rotatable bonds is 6. The zero-order valence-corrected chi connectivity index (χ0v) is 16.2. The number of carboxylic acid groups (broad SMARTS) is 1. The summed E-state index contributed by atoms with van der Waals surface area (Å²) in [4.78, 5) is 37.3. The molecule has 4 atom stereocenters. The van der Waals surface area contributed by atoms with Gasteiger partial charge in [0.25, 0.3) is 0 Å². The number of hydrogen-bond donors (Lipinski definition) is 2. The number of carbonyl (C=O) groups is 3. The first kappa shape index (κ1) is 18.7. The highest BCUT2D eigenvalue weighted by atomic mass is 32.1. The molecule has 0 unspecified atom stereocenters. The van der Waals surface area contributed by atoms with Crippen molar-refractivity contribution in [3.05, 3.63) is 29.3 Å². The molecular formula is C20H21NO6S. The number of amides is 1. The van der Waals surface area contributed by atoms with Crippen molar-refractivity contribution in [3.8, 4) is 11.3 Å². The Hall–Kier alpha value is -2.61. The van der Waals surface area contributed by atoms with Crippen LogP contribution in [0.25, 0.3) is 11.3 Å². The topological polar surface area (TPSA) is 106 Å². The first-order valence-electron chi connectivity index (χ1n) is 9.37. The first-order valence-corrected chi connectivity index (χ1v) is 10.2. The maximum atomic E-state index is 13.0. The number of carbonyl (C=O) groups excluding carboxylic acids is 2. The summed E-state index contributed by atoms with van der Waals surface area (Å²) in [5.74, 6) is -2.38. The van der Waals surface area contributed by atoms with Crippen LogP contribution in [0.2, 0.25) is 0 Å². The summed E-state index contributed by atoms with van der Waals surface area (Å²) in [6.07, 6.45) is 4.02. The fourth-order valence-electron chi connectivity index (χ4n) is 4.69. The number of hydrogen-bond acceptors (Lipinski definition) is 6. The zero-order valence-electron chi connectivity index (χ0n) is 15.3. The molecule has 4 rings (SSSR count). The first-order chi connectivity index (χ1) is 13.5. The molecule has 2 saturated carbocycles. The fourth-order valence-corrected chi connectivity index (χ4v) is 5.63. The van der Waals surface area contributed by atoms with Crippen LogP contribution in [0, 0.1) is 23.7 Å². The monoisotopic (exact) mass is 403 g/mol. The molecule has 0 aliphatic heterocycles. The second-order valence-electron chi connectivity index (χ2n) is 7.26. The van der Waals surface area contributed by atoms with E-state index in [-0.39, 0.29) is 29.9 Å². The molecule has 1 amide bonds. The van der Waals surface area contributed by atoms with Crippen molar-refractivity contribution in [1.82, 2.24) is 0 Å². The maximum absolute atomic E-state index is 13.0. The molecule has 2 aliphatic carbocycles. The summed E-state index contributed by atoms with van der Waals surface area (Å²) >= 11 is 1.21. The third-order valence-electron chi connectivity index (χ3n) is 5.80. The molecule has 2 aromatic heterocycles. The number of nitrogens with one attached hydrogen (secondary N) is 1. The minimum absolute atomic E-state index is 0.0600. The van der Waals surface area contributed by atoms with Crippen molar-refractivity contribution in [2.45, 2.75) is 26.2 Å². The zero-order chi connectivity index (χ0) is 19.8. The highest BCUT2D eigenvalue weighted by molar-refractivity contribution is 7.15. The smallest absolute Gasteiger partial charge is 0.341 e. The van der Waals surface area contributed by atoms with Crippen LogP contribution >= 0.6 is 11.3 Å². The number of carboxylic acids is 1. The van der Waals surface area contributed by atoms with Crippen LogP contribution < -0.4 is 5.32 Å². The molecule has 0 aromatic carbocycles. The van der Waals surface area contributed by atoms with Gasteiger partial charge in [0.2, 0.25) is 5.91 Å². The predicted molar refractivity (Wildman–Crippen MR) is 102 cm³/mol. The minimum atomic E-state index is -0.916. The van der Waals surface area contributed by atoms with Crippen molar-refractivity contribution in [2.24, 2.45) is 23.7 Å². The lowest BCUT2D eigenvalue weighted by Gasteiger charge is -2.26. The van der Waals surface area contributed by atoms with Crippen molar-refractivity contribution < 1.29 is 28.6 Å². The normalized spacial score (nSPS) is 25.6. The second-order valence-corrected chi connectivity index (χ2v) is 8.14. The van der Waals surface area contributed by atoms with Gasteiger partial charge in [-0.3, -0.25) is 9.59 Å². The van der Waals surface area contributed by atoms with Gasteiger partial charge in [-0.25, -0.2) is 4.79 Å². The summed E-state index contributed by atoms with van der Waals surface area (Å²) in [6, 6.07) is 3.44. The molecule has 0 spiro atoms. The van der Waals surface area contributed by atoms with Crippen LogP contribution in [-0.4, -0.2) is 29.6 Å². The Labute approximate surface area is 165 Å². The maximum Gasteiger partial charge on any atom is 0.341 e. The lowest BCUT2D eigenvalue weighted by atomic mass is 9.79. The van der Waals surface area contributed by atoms with Crippen LogP contribution in [0.15, 0.2) is 28.2 Å².